The molecule has 0 unspecified atom stereocenters. The number of esters is 1. The number of pyridine rings is 1. The van der Waals surface area contributed by atoms with Crippen molar-refractivity contribution in [1.29, 1.82) is 0 Å². The molecule has 0 spiro atoms. The Hall–Kier alpha value is -4.41. The molecule has 1 aliphatic carbocycles. The fourth-order valence-electron chi connectivity index (χ4n) is 6.30. The second-order valence-electron chi connectivity index (χ2n) is 12.7. The largest absolute Gasteiger partial charge is 0.494 e. The molecule has 2 aliphatic rings. The maximum absolute atomic E-state index is 15.2. The first-order valence-corrected chi connectivity index (χ1v) is 14.9. The van der Waals surface area contributed by atoms with Gasteiger partial charge in [0.1, 0.15) is 23.4 Å². The molecule has 1 fully saturated rings. The van der Waals surface area contributed by atoms with Crippen molar-refractivity contribution >= 4 is 17.6 Å². The average molecular weight is 641 g/mol. The number of amides is 1. The summed E-state index contributed by atoms with van der Waals surface area (Å²) in [6.45, 7) is 7.77. The Bertz CT molecular complexity index is 1720. The van der Waals surface area contributed by atoms with Crippen LogP contribution in [0, 0.1) is 18.2 Å². The molecule has 0 N–H and O–H groups in total. The smallest absolute Gasteiger partial charge is 0.416 e. The average Bonchev–Trinajstić information content (AvgIpc) is 3.27. The minimum absolute atomic E-state index is 0.0715. The van der Waals surface area contributed by atoms with E-state index in [0.717, 1.165) is 35.8 Å². The molecule has 1 aromatic heterocycles. The topological polar surface area (TPSA) is 78.0 Å². The number of cyclic esters (lactones) is 1. The number of methoxy groups -OCH3 is 2. The first-order chi connectivity index (χ1) is 21.6. The van der Waals surface area contributed by atoms with Gasteiger partial charge in [-0.15, -0.1) is 0 Å². The first-order valence-electron chi connectivity index (χ1n) is 14.9. The second kappa shape index (κ2) is 12.4. The van der Waals surface area contributed by atoms with E-state index >= 15 is 4.39 Å². The van der Waals surface area contributed by atoms with Crippen LogP contribution in [0.2, 0.25) is 0 Å². The highest BCUT2D eigenvalue weighted by molar-refractivity contribution is 5.90. The molecule has 5 rings (SSSR count). The lowest BCUT2D eigenvalue weighted by Gasteiger charge is -2.35. The van der Waals surface area contributed by atoms with Crippen LogP contribution in [0.25, 0.3) is 16.8 Å². The number of benzene rings is 2. The number of halogens is 4. The molecular weight excluding hydrogens is 604 g/mol. The van der Waals surface area contributed by atoms with Gasteiger partial charge in [0.15, 0.2) is 0 Å². The Morgan fingerprint density at radius 2 is 1.85 bits per heavy atom. The van der Waals surface area contributed by atoms with Crippen molar-refractivity contribution in [2.75, 3.05) is 20.8 Å². The highest BCUT2D eigenvalue weighted by Crippen LogP contribution is 2.46. The third-order valence-corrected chi connectivity index (χ3v) is 8.71. The van der Waals surface area contributed by atoms with Crippen LogP contribution in [-0.4, -0.2) is 48.8 Å². The van der Waals surface area contributed by atoms with E-state index < -0.39 is 41.8 Å². The molecule has 0 radical (unpaired) electrons. The number of carbonyl (C=O) groups excluding carboxylic acids is 2. The summed E-state index contributed by atoms with van der Waals surface area (Å²) in [4.78, 5) is 31.5. The van der Waals surface area contributed by atoms with Crippen molar-refractivity contribution in [2.24, 2.45) is 5.41 Å². The van der Waals surface area contributed by atoms with E-state index in [1.165, 1.54) is 26.4 Å². The third-order valence-electron chi connectivity index (χ3n) is 8.71. The molecule has 2 atom stereocenters. The molecule has 1 amide bonds. The van der Waals surface area contributed by atoms with E-state index in [4.69, 9.17) is 19.2 Å². The van der Waals surface area contributed by atoms with Gasteiger partial charge in [-0.3, -0.25) is 4.90 Å². The van der Waals surface area contributed by atoms with Crippen molar-refractivity contribution in [2.45, 2.75) is 65.3 Å². The van der Waals surface area contributed by atoms with Crippen LogP contribution in [-0.2, 0) is 15.7 Å². The van der Waals surface area contributed by atoms with Crippen molar-refractivity contribution in [3.05, 3.63) is 87.9 Å². The molecule has 2 heterocycles. The van der Waals surface area contributed by atoms with E-state index in [1.807, 2.05) is 0 Å². The van der Waals surface area contributed by atoms with Crippen LogP contribution in [0.5, 0.6) is 5.75 Å². The van der Waals surface area contributed by atoms with E-state index in [1.54, 1.807) is 36.9 Å². The molecule has 244 valence electrons. The number of alkyl halides is 3. The van der Waals surface area contributed by atoms with Gasteiger partial charge in [-0.25, -0.2) is 19.0 Å². The van der Waals surface area contributed by atoms with Crippen LogP contribution in [0.4, 0.5) is 22.4 Å². The lowest BCUT2D eigenvalue weighted by Crippen LogP contribution is -2.35. The lowest BCUT2D eigenvalue weighted by molar-refractivity contribution is -0.137. The number of ether oxygens (including phenoxy) is 3. The number of rotatable bonds is 7. The fraction of sp³-hybridized carbons (Fsp3) is 0.400. The zero-order chi connectivity index (χ0) is 33.6. The molecule has 0 bridgehead atoms. The van der Waals surface area contributed by atoms with Gasteiger partial charge in [-0.1, -0.05) is 25.5 Å². The maximum atomic E-state index is 15.2. The Balaban J connectivity index is 1.53. The van der Waals surface area contributed by atoms with Crippen molar-refractivity contribution in [3.8, 4) is 17.0 Å². The van der Waals surface area contributed by atoms with Crippen LogP contribution in [0.1, 0.15) is 78.9 Å². The van der Waals surface area contributed by atoms with Gasteiger partial charge >= 0.3 is 18.2 Å². The molecule has 7 nitrogen and oxygen atoms in total. The summed E-state index contributed by atoms with van der Waals surface area (Å²) < 4.78 is 72.0. The quantitative estimate of drug-likeness (QED) is 0.190. The van der Waals surface area contributed by atoms with Gasteiger partial charge in [0.2, 0.25) is 0 Å². The van der Waals surface area contributed by atoms with Crippen molar-refractivity contribution in [1.82, 2.24) is 9.88 Å². The molecule has 0 saturated carbocycles. The lowest BCUT2D eigenvalue weighted by atomic mass is 9.73. The minimum Gasteiger partial charge on any atom is -0.494 e. The maximum Gasteiger partial charge on any atom is 0.416 e. The first kappa shape index (κ1) is 33.0. The highest BCUT2D eigenvalue weighted by Gasteiger charge is 2.42. The highest BCUT2D eigenvalue weighted by atomic mass is 19.4. The monoisotopic (exact) mass is 640 g/mol. The van der Waals surface area contributed by atoms with Gasteiger partial charge in [0, 0.05) is 12.1 Å². The summed E-state index contributed by atoms with van der Waals surface area (Å²) in [5.41, 5.74) is 2.65. The summed E-state index contributed by atoms with van der Waals surface area (Å²) in [7, 11) is 2.73. The Morgan fingerprint density at radius 1 is 1.11 bits per heavy atom. The Labute approximate surface area is 265 Å². The zero-order valence-electron chi connectivity index (χ0n) is 26.5. The predicted octanol–water partition coefficient (Wildman–Crippen LogP) is 8.56. The molecular formula is C35H36F4N2O5. The van der Waals surface area contributed by atoms with Crippen LogP contribution >= 0.6 is 0 Å². The number of hydrogen-bond donors (Lipinski definition) is 0. The van der Waals surface area contributed by atoms with Crippen molar-refractivity contribution in [3.63, 3.8) is 0 Å². The standard InChI is InChI=1S/C35H36F4N2O5/c1-19-13-22(15-24(14-19)35(37,38)39)31-20(2)41(33(43)46-31)18-23-17-34(3,4)12-11-25(23)30-29(44-5)10-9-28(40-30)26-8-7-21(16-27(26)36)32(42)45-6/h7-10,13-16,20,31H,11-12,17-18H2,1-6H3/t20-,31-/m0/s1. The minimum atomic E-state index is -4.54. The summed E-state index contributed by atoms with van der Waals surface area (Å²) in [6, 6.07) is 10.5. The normalized spacial score (nSPS) is 19.7. The molecule has 46 heavy (non-hydrogen) atoms. The summed E-state index contributed by atoms with van der Waals surface area (Å²) in [5.74, 6) is -0.833. The van der Waals surface area contributed by atoms with Gasteiger partial charge in [-0.05, 0) is 97.7 Å². The van der Waals surface area contributed by atoms with E-state index in [2.05, 4.69) is 13.8 Å². The van der Waals surface area contributed by atoms with Crippen molar-refractivity contribution < 1.29 is 41.4 Å². The summed E-state index contributed by atoms with van der Waals surface area (Å²) in [6.07, 6.45) is -4.01. The fourth-order valence-corrected chi connectivity index (χ4v) is 6.30. The molecule has 1 saturated heterocycles. The van der Waals surface area contributed by atoms with Gasteiger partial charge in [0.25, 0.3) is 0 Å². The number of aromatic nitrogens is 1. The van der Waals surface area contributed by atoms with E-state index in [0.29, 0.717) is 35.5 Å². The number of allylic oxidation sites excluding steroid dienone is 1. The molecule has 11 heteroatoms. The van der Waals surface area contributed by atoms with Crippen LogP contribution in [0.3, 0.4) is 0 Å². The Morgan fingerprint density at radius 3 is 2.50 bits per heavy atom. The molecule has 2 aromatic carbocycles. The van der Waals surface area contributed by atoms with E-state index in [9.17, 15) is 22.8 Å². The van der Waals surface area contributed by atoms with Crippen LogP contribution in [0.15, 0.2) is 54.1 Å². The molecule has 3 aromatic rings. The van der Waals surface area contributed by atoms with Crippen LogP contribution < -0.4 is 4.74 Å². The Kier molecular flexibility index (Phi) is 8.90. The summed E-state index contributed by atoms with van der Waals surface area (Å²) >= 11 is 0. The van der Waals surface area contributed by atoms with Gasteiger partial charge < -0.3 is 14.2 Å². The SMILES string of the molecule is COC(=O)c1ccc(-c2ccc(OC)c(C3=C(CN4C(=O)O[C@H](c5cc(C)cc(C(F)(F)F)c5)[C@@H]4C)CC(C)(C)CC3)n2)c(F)c1. The van der Waals surface area contributed by atoms with E-state index in [-0.39, 0.29) is 28.7 Å². The summed E-state index contributed by atoms with van der Waals surface area (Å²) in [5, 5.41) is 0. The number of carbonyl (C=O) groups is 2. The van der Waals surface area contributed by atoms with Gasteiger partial charge in [-0.2, -0.15) is 13.2 Å². The predicted molar refractivity (Wildman–Crippen MR) is 164 cm³/mol. The number of hydrogen-bond acceptors (Lipinski definition) is 6. The zero-order valence-corrected chi connectivity index (χ0v) is 26.5. The second-order valence-corrected chi connectivity index (χ2v) is 12.7. The molecule has 1 aliphatic heterocycles. The number of aryl methyl sites for hydroxylation is 1. The number of nitrogens with zero attached hydrogens (tertiary/aromatic N) is 2. The third kappa shape index (κ3) is 6.59. The van der Waals surface area contributed by atoms with Gasteiger partial charge in [0.05, 0.1) is 37.1 Å².